The minimum atomic E-state index is 0.00608. The van der Waals surface area contributed by atoms with Gasteiger partial charge in [-0.1, -0.05) is 11.8 Å². The van der Waals surface area contributed by atoms with Crippen LogP contribution in [0.2, 0.25) is 0 Å². The van der Waals surface area contributed by atoms with E-state index in [1.165, 1.54) is 13.8 Å². The quantitative estimate of drug-likeness (QED) is 0.493. The lowest BCUT2D eigenvalue weighted by atomic mass is 10.2. The molecule has 14 heavy (non-hydrogen) atoms. The highest BCUT2D eigenvalue weighted by Gasteiger charge is 1.92. The Balaban J connectivity index is 4.49. The van der Waals surface area contributed by atoms with E-state index in [1.54, 1.807) is 26.0 Å². The Morgan fingerprint density at radius 3 is 1.29 bits per heavy atom. The van der Waals surface area contributed by atoms with E-state index in [0.717, 1.165) is 0 Å². The topological polar surface area (TPSA) is 34.1 Å². The third-order valence-electron chi connectivity index (χ3n) is 1.77. The van der Waals surface area contributed by atoms with Gasteiger partial charge in [-0.05, 0) is 39.8 Å². The first-order valence-electron chi connectivity index (χ1n) is 4.31. The van der Waals surface area contributed by atoms with Gasteiger partial charge in [0.1, 0.15) is 0 Å². The van der Waals surface area contributed by atoms with Gasteiger partial charge in [-0.3, -0.25) is 9.59 Å². The van der Waals surface area contributed by atoms with Crippen molar-refractivity contribution in [1.82, 2.24) is 0 Å². The summed E-state index contributed by atoms with van der Waals surface area (Å²) < 4.78 is 0. The Labute approximate surface area is 84.7 Å². The zero-order chi connectivity index (χ0) is 11.1. The van der Waals surface area contributed by atoms with Gasteiger partial charge >= 0.3 is 0 Å². The molecule has 0 aromatic heterocycles. The number of hydrogen-bond donors (Lipinski definition) is 0. The molecule has 0 bridgehead atoms. The fourth-order valence-electron chi connectivity index (χ4n) is 0.503. The van der Waals surface area contributed by atoms with Gasteiger partial charge in [-0.15, -0.1) is 0 Å². The summed E-state index contributed by atoms with van der Waals surface area (Å²) in [6.07, 6.45) is 3.10. The zero-order valence-corrected chi connectivity index (χ0v) is 8.97. The van der Waals surface area contributed by atoms with E-state index in [2.05, 4.69) is 11.8 Å². The Bertz CT molecular complexity index is 326. The Morgan fingerprint density at radius 1 is 0.786 bits per heavy atom. The van der Waals surface area contributed by atoms with Crippen LogP contribution in [0.25, 0.3) is 0 Å². The van der Waals surface area contributed by atoms with Gasteiger partial charge < -0.3 is 0 Å². The van der Waals surface area contributed by atoms with Crippen molar-refractivity contribution in [2.75, 3.05) is 0 Å². The average molecular weight is 190 g/mol. The molecule has 0 radical (unpaired) electrons. The van der Waals surface area contributed by atoms with Crippen LogP contribution in [0.5, 0.6) is 0 Å². The summed E-state index contributed by atoms with van der Waals surface area (Å²) in [7, 11) is 0. The first kappa shape index (κ1) is 12.4. The van der Waals surface area contributed by atoms with Crippen molar-refractivity contribution >= 4 is 11.6 Å². The van der Waals surface area contributed by atoms with E-state index < -0.39 is 0 Å². The van der Waals surface area contributed by atoms with Crippen LogP contribution in [0.3, 0.4) is 0 Å². The summed E-state index contributed by atoms with van der Waals surface area (Å²) >= 11 is 0. The summed E-state index contributed by atoms with van der Waals surface area (Å²) in [4.78, 5) is 21.5. The molecule has 0 aliphatic heterocycles. The number of allylic oxidation sites excluding steroid dienone is 4. The second kappa shape index (κ2) is 5.93. The van der Waals surface area contributed by atoms with Crippen LogP contribution in [0.15, 0.2) is 23.3 Å². The lowest BCUT2D eigenvalue weighted by Gasteiger charge is -1.87. The van der Waals surface area contributed by atoms with E-state index >= 15 is 0 Å². The van der Waals surface area contributed by atoms with E-state index in [4.69, 9.17) is 0 Å². The molecule has 0 atom stereocenters. The third kappa shape index (κ3) is 5.10. The highest BCUT2D eigenvalue weighted by atomic mass is 16.1. The van der Waals surface area contributed by atoms with Crippen LogP contribution < -0.4 is 0 Å². The fraction of sp³-hybridized carbons (Fsp3) is 0.333. The van der Waals surface area contributed by atoms with Gasteiger partial charge in [0.25, 0.3) is 0 Å². The fourth-order valence-corrected chi connectivity index (χ4v) is 0.503. The van der Waals surface area contributed by atoms with Crippen LogP contribution in [0.4, 0.5) is 0 Å². The monoisotopic (exact) mass is 190 g/mol. The Hall–Kier alpha value is -1.62. The number of hydrogen-bond acceptors (Lipinski definition) is 2. The maximum atomic E-state index is 10.8. The van der Waals surface area contributed by atoms with E-state index in [0.29, 0.717) is 11.1 Å². The first-order valence-corrected chi connectivity index (χ1v) is 4.31. The second-order valence-electron chi connectivity index (χ2n) is 3.06. The predicted molar refractivity (Wildman–Crippen MR) is 56.7 cm³/mol. The van der Waals surface area contributed by atoms with Gasteiger partial charge in [0.05, 0.1) is 0 Å². The highest BCUT2D eigenvalue weighted by molar-refractivity contribution is 5.93. The number of ketones is 2. The van der Waals surface area contributed by atoms with E-state index in [-0.39, 0.29) is 11.6 Å². The van der Waals surface area contributed by atoms with Crippen molar-refractivity contribution in [3.05, 3.63) is 23.3 Å². The molecule has 2 heteroatoms. The minimum Gasteiger partial charge on any atom is -0.295 e. The summed E-state index contributed by atoms with van der Waals surface area (Å²) in [6.45, 7) is 6.39. The molecule has 0 unspecified atom stereocenters. The van der Waals surface area contributed by atoms with Gasteiger partial charge in [0.2, 0.25) is 0 Å². The number of carbonyl (C=O) groups excluding carboxylic acids is 2. The molecular formula is C12H14O2. The lowest BCUT2D eigenvalue weighted by molar-refractivity contribution is -0.114. The maximum absolute atomic E-state index is 10.8. The molecule has 0 aliphatic carbocycles. The van der Waals surface area contributed by atoms with Crippen LogP contribution in [-0.2, 0) is 9.59 Å². The van der Waals surface area contributed by atoms with Crippen molar-refractivity contribution < 1.29 is 9.59 Å². The maximum Gasteiger partial charge on any atom is 0.156 e. The largest absolute Gasteiger partial charge is 0.295 e. The number of Topliss-reactive ketones (excluding diaryl/α,β-unsaturated/α-hetero) is 2. The van der Waals surface area contributed by atoms with Gasteiger partial charge in [-0.2, -0.15) is 0 Å². The molecule has 2 nitrogen and oxygen atoms in total. The molecular weight excluding hydrogens is 176 g/mol. The van der Waals surface area contributed by atoms with Crippen LogP contribution in [0.1, 0.15) is 27.7 Å². The van der Waals surface area contributed by atoms with E-state index in [9.17, 15) is 9.59 Å². The zero-order valence-electron chi connectivity index (χ0n) is 8.97. The molecule has 0 amide bonds. The molecule has 0 aromatic carbocycles. The molecule has 0 saturated heterocycles. The third-order valence-corrected chi connectivity index (χ3v) is 1.77. The number of carbonyl (C=O) groups is 2. The summed E-state index contributed by atoms with van der Waals surface area (Å²) in [5.41, 5.74) is 1.23. The molecule has 0 rings (SSSR count). The average Bonchev–Trinajstić information content (AvgIpc) is 2.11. The van der Waals surface area contributed by atoms with Gasteiger partial charge in [0, 0.05) is 11.1 Å². The molecule has 0 heterocycles. The van der Waals surface area contributed by atoms with E-state index in [1.807, 2.05) is 0 Å². The summed E-state index contributed by atoms with van der Waals surface area (Å²) in [6, 6.07) is 0. The molecule has 0 aliphatic rings. The molecule has 0 spiro atoms. The predicted octanol–water partition coefficient (Wildman–Crippen LogP) is 2.06. The van der Waals surface area contributed by atoms with Gasteiger partial charge in [0.15, 0.2) is 11.6 Å². The molecule has 0 N–H and O–H groups in total. The Kier molecular flexibility index (Phi) is 5.24. The normalized spacial score (nSPS) is 11.7. The highest BCUT2D eigenvalue weighted by Crippen LogP contribution is 1.93. The van der Waals surface area contributed by atoms with Crippen LogP contribution >= 0.6 is 0 Å². The SMILES string of the molecule is CC(=O)C(C)=CC#CC=C(C)C(C)=O. The number of rotatable bonds is 2. The Morgan fingerprint density at radius 2 is 1.07 bits per heavy atom. The lowest BCUT2D eigenvalue weighted by Crippen LogP contribution is -1.90. The smallest absolute Gasteiger partial charge is 0.156 e. The van der Waals surface area contributed by atoms with Crippen LogP contribution in [0, 0.1) is 11.8 Å². The van der Waals surface area contributed by atoms with Crippen molar-refractivity contribution in [3.63, 3.8) is 0 Å². The molecule has 74 valence electrons. The van der Waals surface area contributed by atoms with Crippen molar-refractivity contribution in [3.8, 4) is 11.8 Å². The first-order chi connectivity index (χ1) is 6.45. The van der Waals surface area contributed by atoms with Crippen molar-refractivity contribution in [2.24, 2.45) is 0 Å². The molecule has 0 fully saturated rings. The molecule has 0 aromatic rings. The van der Waals surface area contributed by atoms with Crippen LogP contribution in [-0.4, -0.2) is 11.6 Å². The summed E-state index contributed by atoms with van der Waals surface area (Å²) in [5, 5.41) is 0. The minimum absolute atomic E-state index is 0.00608. The van der Waals surface area contributed by atoms with Gasteiger partial charge in [-0.25, -0.2) is 0 Å². The second-order valence-corrected chi connectivity index (χ2v) is 3.06. The molecule has 0 saturated carbocycles. The van der Waals surface area contributed by atoms with Crippen molar-refractivity contribution in [2.45, 2.75) is 27.7 Å². The van der Waals surface area contributed by atoms with Crippen molar-refractivity contribution in [1.29, 1.82) is 0 Å². The summed E-state index contributed by atoms with van der Waals surface area (Å²) in [5.74, 6) is 5.39. The standard InChI is InChI=1S/C12H14O2/c1-9(11(3)13)7-5-6-8-10(2)12(4)14/h7-8H,1-4H3.